The number of halogens is 2. The van der Waals surface area contributed by atoms with Gasteiger partial charge >= 0.3 is 0 Å². The number of benzene rings is 1. The van der Waals surface area contributed by atoms with Crippen molar-refractivity contribution < 1.29 is 0 Å². The molecule has 18 heavy (non-hydrogen) atoms. The zero-order valence-electron chi connectivity index (χ0n) is 10.3. The molecule has 2 fully saturated rings. The van der Waals surface area contributed by atoms with Crippen molar-refractivity contribution >= 4 is 27.5 Å². The Kier molecular flexibility index (Phi) is 3.94. The predicted octanol–water partition coefficient (Wildman–Crippen LogP) is 3.29. The van der Waals surface area contributed by atoms with Crippen LogP contribution in [0, 0.1) is 5.92 Å². The number of nitrogens with zero attached hydrogens (tertiary/aromatic N) is 1. The minimum Gasteiger partial charge on any atom is -0.312 e. The first-order chi connectivity index (χ1) is 8.72. The van der Waals surface area contributed by atoms with Crippen LogP contribution < -0.4 is 5.32 Å². The van der Waals surface area contributed by atoms with Gasteiger partial charge in [0.2, 0.25) is 0 Å². The van der Waals surface area contributed by atoms with E-state index in [1.807, 2.05) is 6.07 Å². The molecular weight excluding hydrogens is 312 g/mol. The van der Waals surface area contributed by atoms with Gasteiger partial charge in [0.05, 0.1) is 5.02 Å². The summed E-state index contributed by atoms with van der Waals surface area (Å²) in [7, 11) is 0. The molecule has 0 amide bonds. The second kappa shape index (κ2) is 5.49. The number of nitrogens with one attached hydrogen (secondary N) is 1. The summed E-state index contributed by atoms with van der Waals surface area (Å²) in [5.41, 5.74) is 1.34. The van der Waals surface area contributed by atoms with Gasteiger partial charge in [-0.25, -0.2) is 0 Å². The minimum absolute atomic E-state index is 0.717. The molecule has 2 unspecified atom stereocenters. The number of fused-ring (bicyclic) bond motifs is 1. The lowest BCUT2D eigenvalue weighted by molar-refractivity contribution is 0.312. The summed E-state index contributed by atoms with van der Waals surface area (Å²) < 4.78 is 0.997. The van der Waals surface area contributed by atoms with Gasteiger partial charge in [0, 0.05) is 30.1 Å². The Labute approximate surface area is 122 Å². The van der Waals surface area contributed by atoms with Crippen molar-refractivity contribution in [1.29, 1.82) is 0 Å². The second-order valence-electron chi connectivity index (χ2n) is 5.41. The molecule has 0 radical (unpaired) electrons. The molecule has 1 N–H and O–H groups in total. The lowest BCUT2D eigenvalue weighted by Crippen LogP contribution is -2.40. The van der Waals surface area contributed by atoms with Crippen LogP contribution in [0.5, 0.6) is 0 Å². The zero-order valence-corrected chi connectivity index (χ0v) is 12.7. The minimum atomic E-state index is 0.717. The van der Waals surface area contributed by atoms with Crippen molar-refractivity contribution in [2.24, 2.45) is 5.92 Å². The smallest absolute Gasteiger partial charge is 0.0548 e. The normalized spacial score (nSPS) is 28.3. The fourth-order valence-electron chi connectivity index (χ4n) is 3.16. The van der Waals surface area contributed by atoms with Crippen molar-refractivity contribution in [3.8, 4) is 0 Å². The summed E-state index contributed by atoms with van der Waals surface area (Å²) in [6.07, 6.45) is 2.72. The van der Waals surface area contributed by atoms with E-state index in [4.69, 9.17) is 11.6 Å². The Balaban J connectivity index is 1.64. The van der Waals surface area contributed by atoms with Gasteiger partial charge in [0.25, 0.3) is 0 Å². The Morgan fingerprint density at radius 1 is 1.39 bits per heavy atom. The van der Waals surface area contributed by atoms with Crippen LogP contribution in [0.1, 0.15) is 18.4 Å². The highest BCUT2D eigenvalue weighted by atomic mass is 79.9. The van der Waals surface area contributed by atoms with E-state index in [1.165, 1.54) is 38.0 Å². The largest absolute Gasteiger partial charge is 0.312 e. The van der Waals surface area contributed by atoms with Gasteiger partial charge in [-0.1, -0.05) is 17.7 Å². The summed E-state index contributed by atoms with van der Waals surface area (Å²) in [6.45, 7) is 4.65. The van der Waals surface area contributed by atoms with Gasteiger partial charge < -0.3 is 5.32 Å². The fourth-order valence-corrected chi connectivity index (χ4v) is 3.71. The highest BCUT2D eigenvalue weighted by Crippen LogP contribution is 2.28. The predicted molar refractivity (Wildman–Crippen MR) is 78.9 cm³/mol. The summed E-state index contributed by atoms with van der Waals surface area (Å²) in [4.78, 5) is 2.56. The molecule has 0 saturated carbocycles. The number of piperidine rings is 1. The van der Waals surface area contributed by atoms with E-state index in [-0.39, 0.29) is 0 Å². The summed E-state index contributed by atoms with van der Waals surface area (Å²) in [6, 6.07) is 6.96. The molecule has 2 aliphatic rings. The SMILES string of the molecule is Clc1ccc(CN2CC3CCCNC3C2)cc1Br. The molecule has 0 aliphatic carbocycles. The third-order valence-electron chi connectivity index (χ3n) is 4.07. The lowest BCUT2D eigenvalue weighted by atomic mass is 9.94. The first-order valence-electron chi connectivity index (χ1n) is 6.62. The molecule has 2 saturated heterocycles. The number of hydrogen-bond donors (Lipinski definition) is 1. The third-order valence-corrected chi connectivity index (χ3v) is 5.28. The van der Waals surface area contributed by atoms with E-state index >= 15 is 0 Å². The standard InChI is InChI=1S/C14H18BrClN2/c15-12-6-10(3-4-13(12)16)7-18-8-11-2-1-5-17-14(11)9-18/h3-4,6,11,14,17H,1-2,5,7-9H2. The molecule has 0 bridgehead atoms. The van der Waals surface area contributed by atoms with Crippen LogP contribution in [-0.2, 0) is 6.54 Å². The van der Waals surface area contributed by atoms with Crippen molar-refractivity contribution in [3.05, 3.63) is 33.3 Å². The van der Waals surface area contributed by atoms with Crippen molar-refractivity contribution in [2.45, 2.75) is 25.4 Å². The number of hydrogen-bond acceptors (Lipinski definition) is 2. The zero-order chi connectivity index (χ0) is 12.5. The number of likely N-dealkylation sites (tertiary alicyclic amines) is 1. The molecule has 0 spiro atoms. The average molecular weight is 330 g/mol. The maximum atomic E-state index is 6.03. The molecule has 1 aromatic carbocycles. The Bertz CT molecular complexity index is 424. The van der Waals surface area contributed by atoms with Crippen LogP contribution in [0.25, 0.3) is 0 Å². The Morgan fingerprint density at radius 3 is 3.06 bits per heavy atom. The molecule has 2 atom stereocenters. The summed E-state index contributed by atoms with van der Waals surface area (Å²) in [5.74, 6) is 0.856. The van der Waals surface area contributed by atoms with Crippen LogP contribution in [0.15, 0.2) is 22.7 Å². The highest BCUT2D eigenvalue weighted by molar-refractivity contribution is 9.10. The van der Waals surface area contributed by atoms with Crippen LogP contribution in [-0.4, -0.2) is 30.6 Å². The van der Waals surface area contributed by atoms with E-state index in [0.29, 0.717) is 0 Å². The van der Waals surface area contributed by atoms with Crippen molar-refractivity contribution in [2.75, 3.05) is 19.6 Å². The van der Waals surface area contributed by atoms with Crippen LogP contribution in [0.2, 0.25) is 5.02 Å². The van der Waals surface area contributed by atoms with Gasteiger partial charge in [0.15, 0.2) is 0 Å². The highest BCUT2D eigenvalue weighted by Gasteiger charge is 2.33. The van der Waals surface area contributed by atoms with E-state index < -0.39 is 0 Å². The average Bonchev–Trinajstić information content (AvgIpc) is 2.76. The number of rotatable bonds is 2. The monoisotopic (exact) mass is 328 g/mol. The molecular formula is C14H18BrClN2. The van der Waals surface area contributed by atoms with Gasteiger partial charge in [-0.3, -0.25) is 4.90 Å². The third kappa shape index (κ3) is 2.74. The molecule has 1 aromatic rings. The first-order valence-corrected chi connectivity index (χ1v) is 7.79. The van der Waals surface area contributed by atoms with Gasteiger partial charge in [-0.15, -0.1) is 0 Å². The van der Waals surface area contributed by atoms with E-state index in [9.17, 15) is 0 Å². The van der Waals surface area contributed by atoms with Gasteiger partial charge in [-0.2, -0.15) is 0 Å². The fraction of sp³-hybridized carbons (Fsp3) is 0.571. The van der Waals surface area contributed by atoms with Crippen molar-refractivity contribution in [3.63, 3.8) is 0 Å². The van der Waals surface area contributed by atoms with Crippen LogP contribution in [0.3, 0.4) is 0 Å². The van der Waals surface area contributed by atoms with Gasteiger partial charge in [0.1, 0.15) is 0 Å². The summed E-state index contributed by atoms with van der Waals surface area (Å²) in [5, 5.41) is 4.43. The maximum Gasteiger partial charge on any atom is 0.0548 e. The van der Waals surface area contributed by atoms with Gasteiger partial charge in [-0.05, 0) is 58.9 Å². The molecule has 2 heterocycles. The lowest BCUT2D eigenvalue weighted by Gasteiger charge is -2.24. The molecule has 0 aromatic heterocycles. The first kappa shape index (κ1) is 12.9. The second-order valence-corrected chi connectivity index (χ2v) is 6.67. The van der Waals surface area contributed by atoms with Crippen LogP contribution in [0.4, 0.5) is 0 Å². The Hall–Kier alpha value is -0.0900. The molecule has 4 heteroatoms. The summed E-state index contributed by atoms with van der Waals surface area (Å²) >= 11 is 9.52. The van der Waals surface area contributed by atoms with Crippen LogP contribution >= 0.6 is 27.5 Å². The quantitative estimate of drug-likeness (QED) is 0.896. The molecule has 2 aliphatic heterocycles. The van der Waals surface area contributed by atoms with E-state index in [2.05, 4.69) is 38.3 Å². The van der Waals surface area contributed by atoms with Crippen molar-refractivity contribution in [1.82, 2.24) is 10.2 Å². The maximum absolute atomic E-state index is 6.03. The molecule has 98 valence electrons. The van der Waals surface area contributed by atoms with E-state index in [0.717, 1.165) is 28.0 Å². The molecule has 2 nitrogen and oxygen atoms in total. The molecule has 3 rings (SSSR count). The van der Waals surface area contributed by atoms with E-state index in [1.54, 1.807) is 0 Å². The Morgan fingerprint density at radius 2 is 2.28 bits per heavy atom. The topological polar surface area (TPSA) is 15.3 Å².